The third kappa shape index (κ3) is 2.27. The standard InChI is InChI=1S/C12H17N3S/c1-3-4-9-13-14-12-15(2)10-7-5-6-8-11(10)16-12/h5-8,13H,3-4,9H2,1-2H3/b14-12+. The Bertz CT molecular complexity index is 524. The van der Waals surface area contributed by atoms with Crippen LogP contribution in [0.15, 0.2) is 29.4 Å². The molecule has 0 bridgehead atoms. The van der Waals surface area contributed by atoms with Crippen molar-refractivity contribution in [2.75, 3.05) is 6.54 Å². The largest absolute Gasteiger partial charge is 0.318 e. The molecule has 2 aromatic rings. The maximum absolute atomic E-state index is 4.41. The van der Waals surface area contributed by atoms with E-state index in [9.17, 15) is 0 Å². The number of hydrogen-bond acceptors (Lipinski definition) is 3. The van der Waals surface area contributed by atoms with E-state index < -0.39 is 0 Å². The highest BCUT2D eigenvalue weighted by Gasteiger charge is 2.00. The van der Waals surface area contributed by atoms with E-state index >= 15 is 0 Å². The molecule has 0 radical (unpaired) electrons. The number of aryl methyl sites for hydroxylation is 1. The predicted molar refractivity (Wildman–Crippen MR) is 69.3 cm³/mol. The van der Waals surface area contributed by atoms with E-state index in [0.29, 0.717) is 0 Å². The third-order valence-corrected chi connectivity index (χ3v) is 3.64. The maximum Gasteiger partial charge on any atom is 0.208 e. The van der Waals surface area contributed by atoms with Gasteiger partial charge in [-0.1, -0.05) is 36.8 Å². The Morgan fingerprint density at radius 3 is 2.94 bits per heavy atom. The summed E-state index contributed by atoms with van der Waals surface area (Å²) in [6.07, 6.45) is 2.36. The first-order valence-electron chi connectivity index (χ1n) is 5.64. The van der Waals surface area contributed by atoms with Crippen LogP contribution in [0.3, 0.4) is 0 Å². The van der Waals surface area contributed by atoms with Gasteiger partial charge in [0.1, 0.15) is 0 Å². The summed E-state index contributed by atoms with van der Waals surface area (Å²) < 4.78 is 3.40. The number of unbranched alkanes of at least 4 members (excludes halogenated alkanes) is 1. The molecule has 1 aromatic carbocycles. The highest BCUT2D eigenvalue weighted by Crippen LogP contribution is 2.14. The molecule has 0 amide bonds. The molecule has 3 nitrogen and oxygen atoms in total. The van der Waals surface area contributed by atoms with E-state index in [1.165, 1.54) is 16.6 Å². The van der Waals surface area contributed by atoms with Gasteiger partial charge in [-0.05, 0) is 18.6 Å². The summed E-state index contributed by atoms with van der Waals surface area (Å²) in [5.41, 5.74) is 4.36. The van der Waals surface area contributed by atoms with Crippen molar-refractivity contribution in [1.82, 2.24) is 9.99 Å². The summed E-state index contributed by atoms with van der Waals surface area (Å²) in [7, 11) is 2.05. The second-order valence-electron chi connectivity index (χ2n) is 3.78. The van der Waals surface area contributed by atoms with Gasteiger partial charge in [0, 0.05) is 13.6 Å². The summed E-state index contributed by atoms with van der Waals surface area (Å²) >= 11 is 1.72. The van der Waals surface area contributed by atoms with Gasteiger partial charge >= 0.3 is 0 Å². The van der Waals surface area contributed by atoms with Crippen molar-refractivity contribution in [2.24, 2.45) is 12.1 Å². The van der Waals surface area contributed by atoms with E-state index in [1.54, 1.807) is 11.3 Å². The normalized spacial score (nSPS) is 12.2. The molecule has 0 spiro atoms. The lowest BCUT2D eigenvalue weighted by Gasteiger charge is -1.97. The molecule has 2 rings (SSSR count). The van der Waals surface area contributed by atoms with Gasteiger partial charge in [-0.3, -0.25) is 0 Å². The number of thiazole rings is 1. The zero-order chi connectivity index (χ0) is 11.4. The van der Waals surface area contributed by atoms with Gasteiger partial charge in [-0.2, -0.15) is 5.10 Å². The van der Waals surface area contributed by atoms with Gasteiger partial charge in [-0.15, -0.1) is 0 Å². The number of benzene rings is 1. The van der Waals surface area contributed by atoms with Gasteiger partial charge in [0.2, 0.25) is 4.80 Å². The number of para-hydroxylation sites is 1. The highest BCUT2D eigenvalue weighted by molar-refractivity contribution is 7.16. The molecule has 0 fully saturated rings. The Balaban J connectivity index is 2.27. The van der Waals surface area contributed by atoms with Crippen LogP contribution in [-0.4, -0.2) is 11.1 Å². The van der Waals surface area contributed by atoms with Crippen molar-refractivity contribution in [3.05, 3.63) is 29.1 Å². The van der Waals surface area contributed by atoms with Gasteiger partial charge < -0.3 is 9.99 Å². The summed E-state index contributed by atoms with van der Waals surface area (Å²) in [6.45, 7) is 3.13. The molecule has 0 saturated carbocycles. The zero-order valence-electron chi connectivity index (χ0n) is 9.73. The lowest BCUT2D eigenvalue weighted by atomic mass is 10.3. The van der Waals surface area contributed by atoms with E-state index in [1.807, 2.05) is 0 Å². The predicted octanol–water partition coefficient (Wildman–Crippen LogP) is 2.45. The number of fused-ring (bicyclic) bond motifs is 1. The van der Waals surface area contributed by atoms with Crippen LogP contribution in [0.1, 0.15) is 19.8 Å². The Labute approximate surface area is 99.4 Å². The Morgan fingerprint density at radius 2 is 2.19 bits per heavy atom. The lowest BCUT2D eigenvalue weighted by Crippen LogP contribution is -2.17. The zero-order valence-corrected chi connectivity index (χ0v) is 10.5. The fraction of sp³-hybridized carbons (Fsp3) is 0.417. The first-order valence-corrected chi connectivity index (χ1v) is 6.45. The maximum atomic E-state index is 4.41. The number of aromatic nitrogens is 1. The first kappa shape index (κ1) is 11.2. The molecule has 1 aromatic heterocycles. The van der Waals surface area contributed by atoms with Crippen molar-refractivity contribution in [3.8, 4) is 0 Å². The molecule has 16 heavy (non-hydrogen) atoms. The molecule has 0 atom stereocenters. The first-order chi connectivity index (χ1) is 7.83. The molecule has 0 aliphatic carbocycles. The van der Waals surface area contributed by atoms with Gasteiger partial charge in [0.15, 0.2) is 0 Å². The number of nitrogens with one attached hydrogen (secondary N) is 1. The van der Waals surface area contributed by atoms with Crippen LogP contribution in [0.25, 0.3) is 10.2 Å². The fourth-order valence-electron chi connectivity index (χ4n) is 1.57. The minimum absolute atomic E-state index is 0.949. The van der Waals surface area contributed by atoms with Gasteiger partial charge in [0.25, 0.3) is 0 Å². The van der Waals surface area contributed by atoms with Crippen molar-refractivity contribution in [2.45, 2.75) is 19.8 Å². The highest BCUT2D eigenvalue weighted by atomic mass is 32.1. The van der Waals surface area contributed by atoms with E-state index in [2.05, 4.69) is 53.3 Å². The second kappa shape index (κ2) is 5.16. The molecular formula is C12H17N3S. The van der Waals surface area contributed by atoms with Crippen molar-refractivity contribution in [3.63, 3.8) is 0 Å². The molecule has 1 heterocycles. The van der Waals surface area contributed by atoms with Crippen LogP contribution < -0.4 is 10.2 Å². The molecule has 4 heteroatoms. The lowest BCUT2D eigenvalue weighted by molar-refractivity contribution is 0.648. The number of rotatable bonds is 4. The Hall–Kier alpha value is -1.29. The van der Waals surface area contributed by atoms with Crippen LogP contribution in [0.4, 0.5) is 0 Å². The molecule has 0 unspecified atom stereocenters. The van der Waals surface area contributed by atoms with Crippen molar-refractivity contribution < 1.29 is 0 Å². The van der Waals surface area contributed by atoms with Crippen LogP contribution >= 0.6 is 11.3 Å². The molecule has 0 saturated heterocycles. The summed E-state index contributed by atoms with van der Waals surface area (Å²) in [6, 6.07) is 8.37. The average Bonchev–Trinajstić information content (AvgIpc) is 2.63. The Morgan fingerprint density at radius 1 is 1.38 bits per heavy atom. The minimum atomic E-state index is 0.949. The Kier molecular flexibility index (Phi) is 3.62. The molecular weight excluding hydrogens is 218 g/mol. The second-order valence-corrected chi connectivity index (χ2v) is 4.79. The van der Waals surface area contributed by atoms with Crippen LogP contribution in [0.2, 0.25) is 0 Å². The van der Waals surface area contributed by atoms with Crippen LogP contribution in [0, 0.1) is 0 Å². The summed E-state index contributed by atoms with van der Waals surface area (Å²) in [5, 5.41) is 4.41. The third-order valence-electron chi connectivity index (χ3n) is 2.53. The number of hydrogen-bond donors (Lipinski definition) is 1. The monoisotopic (exact) mass is 235 g/mol. The van der Waals surface area contributed by atoms with E-state index in [-0.39, 0.29) is 0 Å². The quantitative estimate of drug-likeness (QED) is 0.640. The van der Waals surface area contributed by atoms with Crippen LogP contribution in [-0.2, 0) is 7.05 Å². The van der Waals surface area contributed by atoms with E-state index in [0.717, 1.165) is 17.8 Å². The topological polar surface area (TPSA) is 29.3 Å². The van der Waals surface area contributed by atoms with Gasteiger partial charge in [-0.25, -0.2) is 0 Å². The average molecular weight is 235 g/mol. The molecule has 0 aliphatic heterocycles. The number of nitrogens with zero attached hydrogens (tertiary/aromatic N) is 2. The smallest absolute Gasteiger partial charge is 0.208 e. The van der Waals surface area contributed by atoms with Crippen molar-refractivity contribution in [1.29, 1.82) is 0 Å². The minimum Gasteiger partial charge on any atom is -0.318 e. The molecule has 1 N–H and O–H groups in total. The van der Waals surface area contributed by atoms with Gasteiger partial charge in [0.05, 0.1) is 10.2 Å². The SMILES string of the molecule is CCCCN/N=c1/sc2ccccc2n1C. The summed E-state index contributed by atoms with van der Waals surface area (Å²) in [5.74, 6) is 0. The summed E-state index contributed by atoms with van der Waals surface area (Å²) in [4.78, 5) is 1.03. The van der Waals surface area contributed by atoms with Crippen LogP contribution in [0.5, 0.6) is 0 Å². The molecule has 86 valence electrons. The van der Waals surface area contributed by atoms with E-state index in [4.69, 9.17) is 0 Å². The van der Waals surface area contributed by atoms with Crippen molar-refractivity contribution >= 4 is 21.6 Å². The fourth-order valence-corrected chi connectivity index (χ4v) is 2.57. The molecule has 0 aliphatic rings.